The van der Waals surface area contributed by atoms with Crippen LogP contribution in [0.25, 0.3) is 5.65 Å². The highest BCUT2D eigenvalue weighted by Gasteiger charge is 2.45. The molecule has 1 saturated heterocycles. The fourth-order valence-corrected chi connectivity index (χ4v) is 3.47. The van der Waals surface area contributed by atoms with Crippen LogP contribution in [0.15, 0.2) is 35.1 Å². The Bertz CT molecular complexity index is 884. The summed E-state index contributed by atoms with van der Waals surface area (Å²) in [5.41, 5.74) is 1.29. The molecule has 1 amide bonds. The third kappa shape index (κ3) is 3.00. The molecule has 1 aliphatic rings. The summed E-state index contributed by atoms with van der Waals surface area (Å²) in [6.07, 6.45) is 4.74. The van der Waals surface area contributed by atoms with Crippen LogP contribution in [0.1, 0.15) is 30.8 Å². The van der Waals surface area contributed by atoms with Crippen LogP contribution in [0.5, 0.6) is 0 Å². The molecule has 1 N–H and O–H groups in total. The topological polar surface area (TPSA) is 88.6 Å². The van der Waals surface area contributed by atoms with Crippen LogP contribution in [-0.4, -0.2) is 43.4 Å². The van der Waals surface area contributed by atoms with Crippen molar-refractivity contribution in [2.24, 2.45) is 0 Å². The van der Waals surface area contributed by atoms with Gasteiger partial charge in [0.25, 0.3) is 5.89 Å². The molecule has 8 heteroatoms. The maximum atomic E-state index is 11.7. The number of pyridine rings is 1. The van der Waals surface area contributed by atoms with Crippen molar-refractivity contribution in [3.8, 4) is 0 Å². The molecule has 4 rings (SSSR count). The van der Waals surface area contributed by atoms with Crippen LogP contribution in [0.4, 0.5) is 0 Å². The van der Waals surface area contributed by atoms with Crippen LogP contribution in [0.2, 0.25) is 0 Å². The van der Waals surface area contributed by atoms with E-state index < -0.39 is 5.54 Å². The summed E-state index contributed by atoms with van der Waals surface area (Å²) < 4.78 is 7.38. The SMILES string of the molecule is CC(=O)NC1(c2nc(C)no2)CCN(Cc2cn3ccccc3n2)C1. The monoisotopic (exact) mass is 340 g/mol. The van der Waals surface area contributed by atoms with Crippen molar-refractivity contribution in [1.82, 2.24) is 29.7 Å². The summed E-state index contributed by atoms with van der Waals surface area (Å²) in [5, 5.41) is 6.90. The minimum absolute atomic E-state index is 0.106. The van der Waals surface area contributed by atoms with Gasteiger partial charge in [0, 0.05) is 39.0 Å². The highest BCUT2D eigenvalue weighted by Crippen LogP contribution is 2.32. The predicted molar refractivity (Wildman–Crippen MR) is 89.6 cm³/mol. The van der Waals surface area contributed by atoms with Crippen LogP contribution in [0, 0.1) is 6.92 Å². The second-order valence-electron chi connectivity index (χ2n) is 6.57. The molecule has 1 atom stereocenters. The van der Waals surface area contributed by atoms with Gasteiger partial charge in [0.2, 0.25) is 5.91 Å². The number of hydrogen-bond donors (Lipinski definition) is 1. The number of aromatic nitrogens is 4. The summed E-state index contributed by atoms with van der Waals surface area (Å²) in [6.45, 7) is 5.42. The molecular formula is C17H20N6O2. The quantitative estimate of drug-likeness (QED) is 0.769. The fraction of sp³-hybridized carbons (Fsp3) is 0.412. The van der Waals surface area contributed by atoms with E-state index in [2.05, 4.69) is 25.3 Å². The van der Waals surface area contributed by atoms with E-state index in [0.717, 1.165) is 24.3 Å². The van der Waals surface area contributed by atoms with Crippen molar-refractivity contribution < 1.29 is 9.32 Å². The van der Waals surface area contributed by atoms with Crippen molar-refractivity contribution in [3.05, 3.63) is 48.0 Å². The predicted octanol–water partition coefficient (Wildman–Crippen LogP) is 1.26. The molecule has 4 heterocycles. The van der Waals surface area contributed by atoms with E-state index in [1.54, 1.807) is 6.92 Å². The van der Waals surface area contributed by atoms with Gasteiger partial charge in [0.15, 0.2) is 5.82 Å². The van der Waals surface area contributed by atoms with Gasteiger partial charge < -0.3 is 14.2 Å². The van der Waals surface area contributed by atoms with Crippen LogP contribution in [0.3, 0.4) is 0 Å². The smallest absolute Gasteiger partial charge is 0.253 e. The molecule has 25 heavy (non-hydrogen) atoms. The molecule has 0 aliphatic carbocycles. The Morgan fingerprint density at radius 1 is 1.40 bits per heavy atom. The Hall–Kier alpha value is -2.74. The number of fused-ring (bicyclic) bond motifs is 1. The van der Waals surface area contributed by atoms with E-state index in [4.69, 9.17) is 4.52 Å². The van der Waals surface area contributed by atoms with Gasteiger partial charge in [-0.05, 0) is 25.5 Å². The van der Waals surface area contributed by atoms with Crippen LogP contribution < -0.4 is 5.32 Å². The number of nitrogens with zero attached hydrogens (tertiary/aromatic N) is 5. The van der Waals surface area contributed by atoms with Crippen molar-refractivity contribution in [1.29, 1.82) is 0 Å². The highest BCUT2D eigenvalue weighted by molar-refractivity contribution is 5.74. The highest BCUT2D eigenvalue weighted by atomic mass is 16.5. The number of nitrogens with one attached hydrogen (secondary N) is 1. The fourth-order valence-electron chi connectivity index (χ4n) is 3.47. The first-order valence-corrected chi connectivity index (χ1v) is 8.29. The third-order valence-corrected chi connectivity index (χ3v) is 4.50. The molecule has 0 spiro atoms. The first kappa shape index (κ1) is 15.8. The normalized spacial score (nSPS) is 21.0. The van der Waals surface area contributed by atoms with E-state index in [-0.39, 0.29) is 5.91 Å². The van der Waals surface area contributed by atoms with Gasteiger partial charge >= 0.3 is 0 Å². The Balaban J connectivity index is 1.55. The van der Waals surface area contributed by atoms with Gasteiger partial charge in [-0.15, -0.1) is 0 Å². The van der Waals surface area contributed by atoms with Crippen LogP contribution >= 0.6 is 0 Å². The van der Waals surface area contributed by atoms with Crippen LogP contribution in [-0.2, 0) is 16.9 Å². The summed E-state index contributed by atoms with van der Waals surface area (Å²) in [5.74, 6) is 0.932. The van der Waals surface area contributed by atoms with E-state index in [0.29, 0.717) is 24.8 Å². The Morgan fingerprint density at radius 2 is 2.28 bits per heavy atom. The third-order valence-electron chi connectivity index (χ3n) is 4.50. The zero-order chi connectivity index (χ0) is 17.4. The summed E-state index contributed by atoms with van der Waals surface area (Å²) >= 11 is 0. The lowest BCUT2D eigenvalue weighted by molar-refractivity contribution is -0.121. The maximum absolute atomic E-state index is 11.7. The zero-order valence-electron chi connectivity index (χ0n) is 14.3. The van der Waals surface area contributed by atoms with Crippen molar-refractivity contribution in [3.63, 3.8) is 0 Å². The molecule has 0 radical (unpaired) electrons. The number of imidazole rings is 1. The zero-order valence-corrected chi connectivity index (χ0v) is 14.3. The molecule has 0 bridgehead atoms. The van der Waals surface area contributed by atoms with E-state index in [1.807, 2.05) is 35.0 Å². The number of amides is 1. The average Bonchev–Trinajstić information content (AvgIpc) is 3.26. The van der Waals surface area contributed by atoms with E-state index in [1.165, 1.54) is 6.92 Å². The van der Waals surface area contributed by atoms with E-state index >= 15 is 0 Å². The standard InChI is InChI=1S/C17H20N6O2/c1-12-18-16(25-21-12)17(20-13(2)24)6-8-22(11-17)9-14-10-23-7-4-3-5-15(23)19-14/h3-5,7,10H,6,8-9,11H2,1-2H3,(H,20,24). The molecule has 3 aromatic heterocycles. The molecule has 8 nitrogen and oxygen atoms in total. The number of carbonyl (C=O) groups is 1. The number of carbonyl (C=O) groups excluding carboxylic acids is 1. The molecule has 1 unspecified atom stereocenters. The van der Waals surface area contributed by atoms with Crippen molar-refractivity contribution >= 4 is 11.6 Å². The minimum atomic E-state index is -0.633. The molecule has 0 saturated carbocycles. The summed E-state index contributed by atoms with van der Waals surface area (Å²) in [4.78, 5) is 23.0. The Labute approximate surface area is 144 Å². The van der Waals surface area contributed by atoms with Gasteiger partial charge in [0.1, 0.15) is 11.2 Å². The van der Waals surface area contributed by atoms with Crippen molar-refractivity contribution in [2.75, 3.05) is 13.1 Å². The Kier molecular flexibility index (Phi) is 3.76. The molecular weight excluding hydrogens is 320 g/mol. The number of aryl methyl sites for hydroxylation is 1. The minimum Gasteiger partial charge on any atom is -0.341 e. The first-order chi connectivity index (χ1) is 12.0. The maximum Gasteiger partial charge on any atom is 0.253 e. The number of rotatable bonds is 4. The lowest BCUT2D eigenvalue weighted by Gasteiger charge is -2.26. The van der Waals surface area contributed by atoms with Gasteiger partial charge in [0.05, 0.1) is 5.69 Å². The number of hydrogen-bond acceptors (Lipinski definition) is 6. The molecule has 0 aromatic carbocycles. The average molecular weight is 340 g/mol. The molecule has 1 fully saturated rings. The van der Waals surface area contributed by atoms with Gasteiger partial charge in [-0.1, -0.05) is 11.2 Å². The van der Waals surface area contributed by atoms with Crippen molar-refractivity contribution in [2.45, 2.75) is 32.4 Å². The van der Waals surface area contributed by atoms with Gasteiger partial charge in [-0.2, -0.15) is 4.98 Å². The molecule has 1 aliphatic heterocycles. The first-order valence-electron chi connectivity index (χ1n) is 8.29. The lowest BCUT2D eigenvalue weighted by Crippen LogP contribution is -2.47. The molecule has 130 valence electrons. The number of likely N-dealkylation sites (tertiary alicyclic amines) is 1. The summed E-state index contributed by atoms with van der Waals surface area (Å²) in [6, 6.07) is 5.94. The lowest BCUT2D eigenvalue weighted by atomic mass is 9.98. The molecule has 3 aromatic rings. The van der Waals surface area contributed by atoms with Gasteiger partial charge in [-0.3, -0.25) is 9.69 Å². The van der Waals surface area contributed by atoms with E-state index in [9.17, 15) is 4.79 Å². The summed E-state index contributed by atoms with van der Waals surface area (Å²) in [7, 11) is 0. The largest absolute Gasteiger partial charge is 0.341 e. The van der Waals surface area contributed by atoms with Gasteiger partial charge in [-0.25, -0.2) is 4.98 Å². The Morgan fingerprint density at radius 3 is 3.00 bits per heavy atom. The second-order valence-corrected chi connectivity index (χ2v) is 6.57. The second kappa shape index (κ2) is 5.96.